The Morgan fingerprint density at radius 3 is 2.38 bits per heavy atom. The topological polar surface area (TPSA) is 35.5 Å². The Kier molecular flexibility index (Phi) is 6.31. The van der Waals surface area contributed by atoms with Gasteiger partial charge in [-0.25, -0.2) is 4.79 Å². The van der Waals surface area contributed by atoms with Crippen molar-refractivity contribution in [3.63, 3.8) is 0 Å². The molecule has 0 aromatic rings. The van der Waals surface area contributed by atoms with Crippen LogP contribution in [-0.2, 0) is 14.3 Å². The Morgan fingerprint density at radius 2 is 2.00 bits per heavy atom. The normalized spacial score (nSPS) is 12.2. The average Bonchev–Trinajstić information content (AvgIpc) is 2.13. The van der Waals surface area contributed by atoms with E-state index in [1.54, 1.807) is 0 Å². The van der Waals surface area contributed by atoms with Crippen LogP contribution in [0.5, 0.6) is 0 Å². The van der Waals surface area contributed by atoms with Gasteiger partial charge in [0.15, 0.2) is 0 Å². The van der Waals surface area contributed by atoms with Gasteiger partial charge in [0.25, 0.3) is 0 Å². The number of ether oxygens (including phenoxy) is 2. The van der Waals surface area contributed by atoms with Gasteiger partial charge in [-0.3, -0.25) is 0 Å². The van der Waals surface area contributed by atoms with E-state index in [9.17, 15) is 4.79 Å². The summed E-state index contributed by atoms with van der Waals surface area (Å²) < 4.78 is 10.00. The highest BCUT2D eigenvalue weighted by molar-refractivity contribution is 6.23. The van der Waals surface area contributed by atoms with Crippen LogP contribution < -0.4 is 0 Å². The molecule has 0 heterocycles. The van der Waals surface area contributed by atoms with Crippen molar-refractivity contribution in [2.24, 2.45) is 0 Å². The molecule has 0 unspecified atom stereocenters. The van der Waals surface area contributed by atoms with Gasteiger partial charge < -0.3 is 9.47 Å². The predicted molar refractivity (Wildman–Crippen MR) is 55.5 cm³/mol. The second kappa shape index (κ2) is 6.71. The zero-order chi connectivity index (χ0) is 10.3. The quantitative estimate of drug-likeness (QED) is 0.283. The third kappa shape index (κ3) is 4.12. The number of methoxy groups -OCH3 is 1. The number of hydrogen-bond acceptors (Lipinski definition) is 3. The zero-order valence-corrected chi connectivity index (χ0v) is 10.8. The molecule has 76 valence electrons. The first-order valence-electron chi connectivity index (χ1n) is 4.58. The van der Waals surface area contributed by atoms with Crippen LogP contribution in [0.1, 0.15) is 26.7 Å². The molecule has 0 aliphatic carbocycles. The molecule has 13 heavy (non-hydrogen) atoms. The summed E-state index contributed by atoms with van der Waals surface area (Å²) in [5.74, 6) is -0.250. The Bertz CT molecular complexity index is 199. The van der Waals surface area contributed by atoms with E-state index in [1.807, 2.05) is 13.8 Å². The predicted octanol–water partition coefficient (Wildman–Crippen LogP) is 0.573. The molecule has 0 saturated carbocycles. The van der Waals surface area contributed by atoms with Crippen LogP contribution in [0.2, 0.25) is 0 Å². The van der Waals surface area contributed by atoms with Gasteiger partial charge in [-0.2, -0.15) is 0 Å². The van der Waals surface area contributed by atoms with E-state index in [-0.39, 0.29) is 5.97 Å². The van der Waals surface area contributed by atoms with Gasteiger partial charge in [0.05, 0.1) is 34.9 Å². The fraction of sp³-hybridized carbons (Fsp3) is 0.667. The lowest BCUT2D eigenvalue weighted by atomic mass is 10.2. The van der Waals surface area contributed by atoms with Crippen LogP contribution in [0.25, 0.3) is 0 Å². The monoisotopic (exact) mass is 202 g/mol. The Labute approximate surface area is 82.5 Å². The molecule has 0 rings (SSSR count). The highest BCUT2D eigenvalue weighted by Crippen LogP contribution is 2.11. The van der Waals surface area contributed by atoms with E-state index < -0.39 is 0 Å². The summed E-state index contributed by atoms with van der Waals surface area (Å²) in [6, 6.07) is 0. The molecule has 0 aliphatic heterocycles. The first-order valence-corrected chi connectivity index (χ1v) is 5.58. The van der Waals surface area contributed by atoms with Crippen molar-refractivity contribution >= 4 is 16.2 Å². The van der Waals surface area contributed by atoms with Gasteiger partial charge in [-0.1, -0.05) is 13.3 Å². The highest BCUT2D eigenvalue weighted by Gasteiger charge is 2.12. The zero-order valence-electron chi connectivity index (χ0n) is 8.85. The Hall–Kier alpha value is -0.773. The molecule has 0 aromatic carbocycles. The molecule has 0 N–H and O–H groups in total. The van der Waals surface area contributed by atoms with Crippen molar-refractivity contribution in [2.45, 2.75) is 26.7 Å². The molecule has 0 aromatic heterocycles. The molecule has 4 heteroatoms. The Balaban J connectivity index is 4.54. The molecule has 0 amide bonds. The third-order valence-electron chi connectivity index (χ3n) is 1.72. The molecular formula is C9H18O3Si. The standard InChI is InChI=1S/C9H18O3Si/c1-4-6-7(8(10)11-3)9(13)12-5-2/h4-6H2,1-3,13H3. The molecule has 0 aliphatic rings. The number of esters is 1. The first kappa shape index (κ1) is 12.2. The lowest BCUT2D eigenvalue weighted by molar-refractivity contribution is -0.136. The average molecular weight is 202 g/mol. The summed E-state index contributed by atoms with van der Waals surface area (Å²) in [4.78, 5) is 11.3. The maximum Gasteiger partial charge on any atom is 0.336 e. The van der Waals surface area contributed by atoms with Gasteiger partial charge in [-0.15, -0.1) is 0 Å². The van der Waals surface area contributed by atoms with Crippen molar-refractivity contribution in [1.29, 1.82) is 0 Å². The number of carbonyl (C=O) groups is 1. The summed E-state index contributed by atoms with van der Waals surface area (Å²) in [6.07, 6.45) is 1.68. The minimum Gasteiger partial charge on any atom is -0.504 e. The fourth-order valence-electron chi connectivity index (χ4n) is 1.10. The molecular weight excluding hydrogens is 184 g/mol. The summed E-state index contributed by atoms with van der Waals surface area (Å²) >= 11 is 0. The van der Waals surface area contributed by atoms with Crippen molar-refractivity contribution in [2.75, 3.05) is 13.7 Å². The van der Waals surface area contributed by atoms with Crippen molar-refractivity contribution in [3.05, 3.63) is 11.0 Å². The lowest BCUT2D eigenvalue weighted by Crippen LogP contribution is -2.10. The number of rotatable bonds is 5. The second-order valence-corrected chi connectivity index (χ2v) is 3.62. The molecule has 0 saturated heterocycles. The van der Waals surface area contributed by atoms with Crippen LogP contribution in [0, 0.1) is 0 Å². The summed E-state index contributed by atoms with van der Waals surface area (Å²) in [5, 5.41) is 0.816. The molecule has 0 fully saturated rings. The number of carbonyl (C=O) groups excluding carboxylic acids is 1. The van der Waals surface area contributed by atoms with Crippen LogP contribution in [0.4, 0.5) is 0 Å². The van der Waals surface area contributed by atoms with E-state index in [2.05, 4.69) is 4.74 Å². The number of hydrogen-bond donors (Lipinski definition) is 0. The lowest BCUT2D eigenvalue weighted by Gasteiger charge is -2.09. The maximum atomic E-state index is 11.3. The van der Waals surface area contributed by atoms with Crippen molar-refractivity contribution < 1.29 is 14.3 Å². The van der Waals surface area contributed by atoms with E-state index >= 15 is 0 Å². The minimum atomic E-state index is -0.250. The van der Waals surface area contributed by atoms with Gasteiger partial charge in [-0.05, 0) is 13.3 Å². The molecule has 0 bridgehead atoms. The second-order valence-electron chi connectivity index (χ2n) is 2.71. The van der Waals surface area contributed by atoms with E-state index in [1.165, 1.54) is 7.11 Å². The van der Waals surface area contributed by atoms with Crippen LogP contribution in [-0.4, -0.2) is 29.9 Å². The van der Waals surface area contributed by atoms with Gasteiger partial charge >= 0.3 is 5.97 Å². The van der Waals surface area contributed by atoms with E-state index in [4.69, 9.17) is 4.74 Å². The van der Waals surface area contributed by atoms with Gasteiger partial charge in [0.1, 0.15) is 0 Å². The smallest absolute Gasteiger partial charge is 0.336 e. The molecule has 0 radical (unpaired) electrons. The van der Waals surface area contributed by atoms with Crippen molar-refractivity contribution in [1.82, 2.24) is 0 Å². The summed E-state index contributed by atoms with van der Waals surface area (Å²) in [6.45, 7) is 4.56. The van der Waals surface area contributed by atoms with E-state index in [0.29, 0.717) is 12.2 Å². The molecule has 0 atom stereocenters. The highest BCUT2D eigenvalue weighted by atomic mass is 28.1. The molecule has 0 spiro atoms. The van der Waals surface area contributed by atoms with Crippen LogP contribution in [0.15, 0.2) is 11.0 Å². The van der Waals surface area contributed by atoms with E-state index in [0.717, 1.165) is 28.5 Å². The summed E-state index contributed by atoms with van der Waals surface area (Å²) in [7, 11) is 2.16. The minimum absolute atomic E-state index is 0.250. The van der Waals surface area contributed by atoms with Gasteiger partial charge in [0.2, 0.25) is 0 Å². The summed E-state index contributed by atoms with van der Waals surface area (Å²) in [5.41, 5.74) is 0.707. The van der Waals surface area contributed by atoms with Crippen molar-refractivity contribution in [3.8, 4) is 0 Å². The largest absolute Gasteiger partial charge is 0.504 e. The molecule has 3 nitrogen and oxygen atoms in total. The Morgan fingerprint density at radius 1 is 1.38 bits per heavy atom. The fourth-order valence-corrected chi connectivity index (χ4v) is 1.84. The van der Waals surface area contributed by atoms with Gasteiger partial charge in [0, 0.05) is 0 Å². The third-order valence-corrected chi connectivity index (χ3v) is 2.61. The maximum absolute atomic E-state index is 11.3. The first-order chi connectivity index (χ1) is 6.17. The SMILES string of the molecule is CCCC(C(=O)OC)=C([SiH3])OCC. The van der Waals surface area contributed by atoms with Crippen LogP contribution >= 0.6 is 0 Å². The van der Waals surface area contributed by atoms with Crippen LogP contribution in [0.3, 0.4) is 0 Å².